The highest BCUT2D eigenvalue weighted by atomic mass is 15.4. The van der Waals surface area contributed by atoms with E-state index in [1.807, 2.05) is 0 Å². The first kappa shape index (κ1) is 16.8. The third-order valence-electron chi connectivity index (χ3n) is 6.05. The van der Waals surface area contributed by atoms with Crippen molar-refractivity contribution < 1.29 is 0 Å². The van der Waals surface area contributed by atoms with Crippen LogP contribution < -0.4 is 5.32 Å². The first-order chi connectivity index (χ1) is 12.2. The standard InChI is InChI=1S/C19H30N6/c1-15(2)16-12-17(18-22-21-14-25(18)23-16)20-13-19(8-4-5-9-19)24-10-6-3-7-11-24/h12,14-15,20H,3-11,13H2,1-2H3. The molecule has 1 N–H and O–H groups in total. The van der Waals surface area contributed by atoms with Crippen LogP contribution >= 0.6 is 0 Å². The highest BCUT2D eigenvalue weighted by Crippen LogP contribution is 2.37. The summed E-state index contributed by atoms with van der Waals surface area (Å²) in [7, 11) is 0. The van der Waals surface area contributed by atoms with Crippen LogP contribution in [0.4, 0.5) is 5.69 Å². The Bertz CT molecular complexity index is 710. The maximum Gasteiger partial charge on any atom is 0.200 e. The molecule has 0 spiro atoms. The van der Waals surface area contributed by atoms with Gasteiger partial charge in [0.2, 0.25) is 5.65 Å². The molecule has 1 saturated heterocycles. The largest absolute Gasteiger partial charge is 0.380 e. The molecule has 1 saturated carbocycles. The number of aromatic nitrogens is 4. The first-order valence-corrected chi connectivity index (χ1v) is 9.88. The Morgan fingerprint density at radius 2 is 1.88 bits per heavy atom. The van der Waals surface area contributed by atoms with E-state index in [0.717, 1.165) is 23.6 Å². The minimum absolute atomic E-state index is 0.318. The summed E-state index contributed by atoms with van der Waals surface area (Å²) in [5, 5.41) is 16.7. The third-order valence-corrected chi connectivity index (χ3v) is 6.05. The molecule has 0 unspecified atom stereocenters. The summed E-state index contributed by atoms with van der Waals surface area (Å²) < 4.78 is 1.81. The topological polar surface area (TPSA) is 58.3 Å². The highest BCUT2D eigenvalue weighted by Gasteiger charge is 2.39. The van der Waals surface area contributed by atoms with Crippen molar-refractivity contribution in [2.24, 2.45) is 0 Å². The number of piperidine rings is 1. The average Bonchev–Trinajstić information content (AvgIpc) is 3.30. The van der Waals surface area contributed by atoms with Gasteiger partial charge in [-0.3, -0.25) is 4.90 Å². The lowest BCUT2D eigenvalue weighted by atomic mass is 9.92. The Kier molecular flexibility index (Phi) is 4.63. The van der Waals surface area contributed by atoms with Gasteiger partial charge in [-0.05, 0) is 50.8 Å². The molecular formula is C19H30N6. The molecule has 1 aliphatic carbocycles. The quantitative estimate of drug-likeness (QED) is 0.902. The van der Waals surface area contributed by atoms with Gasteiger partial charge in [-0.15, -0.1) is 10.2 Å². The lowest BCUT2D eigenvalue weighted by molar-refractivity contribution is 0.0808. The molecule has 2 aromatic rings. The smallest absolute Gasteiger partial charge is 0.200 e. The van der Waals surface area contributed by atoms with Gasteiger partial charge in [-0.2, -0.15) is 9.61 Å². The molecule has 1 aliphatic heterocycles. The van der Waals surface area contributed by atoms with Gasteiger partial charge in [0, 0.05) is 12.1 Å². The second-order valence-corrected chi connectivity index (χ2v) is 8.07. The zero-order chi connectivity index (χ0) is 17.3. The van der Waals surface area contributed by atoms with Crippen molar-refractivity contribution in [2.75, 3.05) is 25.0 Å². The number of fused-ring (bicyclic) bond motifs is 1. The summed E-state index contributed by atoms with van der Waals surface area (Å²) >= 11 is 0. The van der Waals surface area contributed by atoms with Gasteiger partial charge in [0.1, 0.15) is 6.33 Å². The zero-order valence-electron chi connectivity index (χ0n) is 15.5. The average molecular weight is 342 g/mol. The van der Waals surface area contributed by atoms with Crippen LogP contribution in [0.5, 0.6) is 0 Å². The summed E-state index contributed by atoms with van der Waals surface area (Å²) in [5.41, 5.74) is 3.29. The van der Waals surface area contributed by atoms with E-state index in [1.165, 1.54) is 58.0 Å². The minimum atomic E-state index is 0.318. The molecule has 136 valence electrons. The van der Waals surface area contributed by atoms with Crippen molar-refractivity contribution in [3.8, 4) is 0 Å². The van der Waals surface area contributed by atoms with Crippen LogP contribution in [0.1, 0.15) is 70.4 Å². The fourth-order valence-electron chi connectivity index (χ4n) is 4.52. The first-order valence-electron chi connectivity index (χ1n) is 9.88. The van der Waals surface area contributed by atoms with Crippen molar-refractivity contribution in [3.05, 3.63) is 18.1 Å². The molecule has 3 heterocycles. The maximum absolute atomic E-state index is 4.62. The van der Waals surface area contributed by atoms with Crippen molar-refractivity contribution in [2.45, 2.75) is 70.3 Å². The van der Waals surface area contributed by atoms with Crippen molar-refractivity contribution >= 4 is 11.3 Å². The van der Waals surface area contributed by atoms with Crippen molar-refractivity contribution in [3.63, 3.8) is 0 Å². The number of likely N-dealkylation sites (tertiary alicyclic amines) is 1. The predicted molar refractivity (Wildman–Crippen MR) is 100.0 cm³/mol. The summed E-state index contributed by atoms with van der Waals surface area (Å²) in [6, 6.07) is 2.16. The Morgan fingerprint density at radius 3 is 2.60 bits per heavy atom. The van der Waals surface area contributed by atoms with E-state index in [4.69, 9.17) is 0 Å². The molecule has 0 bridgehead atoms. The van der Waals surface area contributed by atoms with E-state index >= 15 is 0 Å². The van der Waals surface area contributed by atoms with Gasteiger partial charge < -0.3 is 5.32 Å². The molecule has 2 fully saturated rings. The second kappa shape index (κ2) is 6.90. The Morgan fingerprint density at radius 1 is 1.12 bits per heavy atom. The van der Waals surface area contributed by atoms with E-state index in [2.05, 4.69) is 45.4 Å². The SMILES string of the molecule is CC(C)c1cc(NCC2(N3CCCCC3)CCCC2)c2nncn2n1. The molecule has 0 amide bonds. The fraction of sp³-hybridized carbons (Fsp3) is 0.737. The third kappa shape index (κ3) is 3.24. The number of hydrogen-bond acceptors (Lipinski definition) is 5. The molecule has 4 rings (SSSR count). The van der Waals surface area contributed by atoms with Gasteiger partial charge in [0.05, 0.1) is 11.4 Å². The molecule has 0 atom stereocenters. The van der Waals surface area contributed by atoms with Crippen LogP contribution in [0, 0.1) is 0 Å². The second-order valence-electron chi connectivity index (χ2n) is 8.07. The van der Waals surface area contributed by atoms with Crippen LogP contribution in [0.15, 0.2) is 12.4 Å². The molecule has 2 aliphatic rings. The maximum atomic E-state index is 4.62. The van der Waals surface area contributed by atoms with Crippen LogP contribution in [0.25, 0.3) is 5.65 Å². The van der Waals surface area contributed by atoms with E-state index < -0.39 is 0 Å². The Hall–Kier alpha value is -1.69. The van der Waals surface area contributed by atoms with Crippen molar-refractivity contribution in [1.82, 2.24) is 24.7 Å². The Labute approximate surface area is 150 Å². The molecule has 2 aromatic heterocycles. The van der Waals surface area contributed by atoms with Crippen LogP contribution in [0.2, 0.25) is 0 Å². The number of anilines is 1. The molecule has 6 nitrogen and oxygen atoms in total. The van der Waals surface area contributed by atoms with Crippen LogP contribution in [0.3, 0.4) is 0 Å². The lowest BCUT2D eigenvalue weighted by Gasteiger charge is -2.44. The number of nitrogens with zero attached hydrogens (tertiary/aromatic N) is 5. The summed E-state index contributed by atoms with van der Waals surface area (Å²) in [5.74, 6) is 0.384. The number of rotatable bonds is 5. The van der Waals surface area contributed by atoms with Crippen LogP contribution in [-0.4, -0.2) is 49.9 Å². The van der Waals surface area contributed by atoms with Gasteiger partial charge in [-0.1, -0.05) is 33.1 Å². The number of nitrogens with one attached hydrogen (secondary N) is 1. The van der Waals surface area contributed by atoms with E-state index in [1.54, 1.807) is 10.8 Å². The van der Waals surface area contributed by atoms with Crippen molar-refractivity contribution in [1.29, 1.82) is 0 Å². The molecule has 0 radical (unpaired) electrons. The van der Waals surface area contributed by atoms with Crippen LogP contribution in [-0.2, 0) is 0 Å². The summed E-state index contributed by atoms with van der Waals surface area (Å²) in [6.45, 7) is 7.87. The molecule has 25 heavy (non-hydrogen) atoms. The van der Waals surface area contributed by atoms with Gasteiger partial charge in [0.25, 0.3) is 0 Å². The van der Waals surface area contributed by atoms with E-state index in [-0.39, 0.29) is 0 Å². The van der Waals surface area contributed by atoms with Gasteiger partial charge in [0.15, 0.2) is 0 Å². The minimum Gasteiger partial charge on any atom is -0.380 e. The van der Waals surface area contributed by atoms with E-state index in [0.29, 0.717) is 11.5 Å². The van der Waals surface area contributed by atoms with Gasteiger partial charge in [-0.25, -0.2) is 0 Å². The molecule has 6 heteroatoms. The van der Waals surface area contributed by atoms with Gasteiger partial charge >= 0.3 is 0 Å². The van der Waals surface area contributed by atoms with E-state index in [9.17, 15) is 0 Å². The Balaban J connectivity index is 1.58. The summed E-state index contributed by atoms with van der Waals surface area (Å²) in [6.07, 6.45) is 11.1. The zero-order valence-corrected chi connectivity index (χ0v) is 15.5. The number of hydrogen-bond donors (Lipinski definition) is 1. The lowest BCUT2D eigenvalue weighted by Crippen LogP contribution is -2.53. The summed E-state index contributed by atoms with van der Waals surface area (Å²) in [4.78, 5) is 2.77. The predicted octanol–water partition coefficient (Wildman–Crippen LogP) is 3.46. The highest BCUT2D eigenvalue weighted by molar-refractivity contribution is 5.67. The monoisotopic (exact) mass is 342 g/mol. The normalized spacial score (nSPS) is 21.2. The molecular weight excluding hydrogens is 312 g/mol. The molecule has 0 aromatic carbocycles. The fourth-order valence-corrected chi connectivity index (χ4v) is 4.52.